The molecule has 0 fully saturated rings. The molecule has 7 nitrogen and oxygen atoms in total. The van der Waals surface area contributed by atoms with Crippen LogP contribution in [-0.2, 0) is 18.7 Å². The summed E-state index contributed by atoms with van der Waals surface area (Å²) in [6, 6.07) is 0. The molecule has 0 spiro atoms. The van der Waals surface area contributed by atoms with Gasteiger partial charge in [0, 0.05) is 38.2 Å². The molecule has 0 saturated heterocycles. The third-order valence-corrected chi connectivity index (χ3v) is 2.21. The molecule has 0 aromatic rings. The van der Waals surface area contributed by atoms with Crippen molar-refractivity contribution in [1.82, 2.24) is 15.7 Å². The second-order valence-electron chi connectivity index (χ2n) is 3.25. The molecule has 0 unspecified atom stereocenters. The Morgan fingerprint density at radius 2 is 1.94 bits per heavy atom. The van der Waals surface area contributed by atoms with Crippen LogP contribution in [0.4, 0.5) is 0 Å². The van der Waals surface area contributed by atoms with Crippen LogP contribution < -0.4 is 10.8 Å². The number of rotatable bonds is 7. The third kappa shape index (κ3) is 4.55. The zero-order chi connectivity index (χ0) is 12.7. The summed E-state index contributed by atoms with van der Waals surface area (Å²) < 4.78 is 4.28. The number of hydroxylamine groups is 1. The molecule has 8 heteroatoms. The van der Waals surface area contributed by atoms with Crippen molar-refractivity contribution in [1.29, 1.82) is 0 Å². The van der Waals surface area contributed by atoms with Crippen LogP contribution in [-0.4, -0.2) is 42.3 Å². The number of carbonyl (C=O) groups is 3. The summed E-state index contributed by atoms with van der Waals surface area (Å²) in [5.74, 6) is -1.00. The van der Waals surface area contributed by atoms with Gasteiger partial charge in [-0.2, -0.15) is 5.48 Å². The minimum absolute atomic E-state index is 0.0842. The largest absolute Gasteiger partial charge is 0.355 e. The third-order valence-electron chi connectivity index (χ3n) is 2.08. The fraction of sp³-hybridized carbons (Fsp3) is 0.444. The number of carbonyl (C=O) groups excluding carboxylic acids is 3. The number of thiol groups is 1. The lowest BCUT2D eigenvalue weighted by Gasteiger charge is -2.13. The average Bonchev–Trinajstić information content (AvgIpc) is 2.62. The van der Waals surface area contributed by atoms with Gasteiger partial charge >= 0.3 is 0 Å². The van der Waals surface area contributed by atoms with Crippen LogP contribution >= 0.6 is 12.9 Å². The van der Waals surface area contributed by atoms with Gasteiger partial charge in [0.05, 0.1) is 0 Å². The van der Waals surface area contributed by atoms with Crippen LogP contribution in [0.2, 0.25) is 0 Å². The monoisotopic (exact) mass is 259 g/mol. The van der Waals surface area contributed by atoms with E-state index in [9.17, 15) is 14.4 Å². The first-order valence-corrected chi connectivity index (χ1v) is 5.35. The maximum Gasteiger partial charge on any atom is 0.253 e. The van der Waals surface area contributed by atoms with Crippen molar-refractivity contribution >= 4 is 30.6 Å². The van der Waals surface area contributed by atoms with E-state index in [-0.39, 0.29) is 30.7 Å². The number of hydrogen-bond donors (Lipinski definition) is 3. The zero-order valence-corrected chi connectivity index (χ0v) is 9.90. The summed E-state index contributed by atoms with van der Waals surface area (Å²) in [6.45, 7) is 0.880. The fourth-order valence-electron chi connectivity index (χ4n) is 1.25. The van der Waals surface area contributed by atoms with Gasteiger partial charge in [0.15, 0.2) is 0 Å². The van der Waals surface area contributed by atoms with Gasteiger partial charge in [-0.3, -0.25) is 19.3 Å². The van der Waals surface area contributed by atoms with Gasteiger partial charge in [0.2, 0.25) is 5.91 Å². The molecule has 3 amide bonds. The molecule has 1 aliphatic heterocycles. The number of nitrogens with one attached hydrogen (secondary N) is 2. The van der Waals surface area contributed by atoms with Crippen LogP contribution in [0.5, 0.6) is 0 Å². The molecule has 2 N–H and O–H groups in total. The lowest BCUT2D eigenvalue weighted by Crippen LogP contribution is -2.36. The van der Waals surface area contributed by atoms with E-state index in [2.05, 4.69) is 28.0 Å². The molecule has 0 radical (unpaired) electrons. The van der Waals surface area contributed by atoms with Crippen molar-refractivity contribution in [3.8, 4) is 0 Å². The lowest BCUT2D eigenvalue weighted by atomic mass is 10.3. The Kier molecular flexibility index (Phi) is 5.67. The maximum atomic E-state index is 11.3. The second-order valence-corrected chi connectivity index (χ2v) is 3.43. The number of nitrogens with zero attached hydrogens (tertiary/aromatic N) is 1. The summed E-state index contributed by atoms with van der Waals surface area (Å²) >= 11 is 3.45. The molecular weight excluding hydrogens is 246 g/mol. The van der Waals surface area contributed by atoms with Crippen LogP contribution in [0.15, 0.2) is 12.2 Å². The Labute approximate surface area is 104 Å². The second kappa shape index (κ2) is 7.05. The van der Waals surface area contributed by atoms with Crippen molar-refractivity contribution in [2.45, 2.75) is 6.42 Å². The average molecular weight is 259 g/mol. The number of imide groups is 1. The Hall–Kier alpha value is -1.38. The van der Waals surface area contributed by atoms with Gasteiger partial charge in [0.25, 0.3) is 11.8 Å². The molecule has 0 bridgehead atoms. The topological polar surface area (TPSA) is 87.7 Å². The van der Waals surface area contributed by atoms with Crippen molar-refractivity contribution in [2.24, 2.45) is 0 Å². The highest BCUT2D eigenvalue weighted by molar-refractivity contribution is 7.75. The Morgan fingerprint density at radius 3 is 2.53 bits per heavy atom. The smallest absolute Gasteiger partial charge is 0.253 e. The first kappa shape index (κ1) is 13.7. The molecule has 0 aromatic heterocycles. The van der Waals surface area contributed by atoms with E-state index in [1.165, 1.54) is 12.2 Å². The quantitative estimate of drug-likeness (QED) is 0.175. The molecular formula is C9H13N3O4S. The minimum atomic E-state index is -0.382. The standard InChI is InChI=1S/C9H13N3O4S/c13-7(10-4-5-11-16-17)3-6-12-8(14)1-2-9(12)15/h1-2,11,17H,3-6H2,(H,10,13). The number of amides is 3. The predicted octanol–water partition coefficient (Wildman–Crippen LogP) is -1.22. The fourth-order valence-corrected chi connectivity index (χ4v) is 1.34. The van der Waals surface area contributed by atoms with E-state index in [4.69, 9.17) is 0 Å². The molecule has 0 saturated carbocycles. The van der Waals surface area contributed by atoms with Crippen molar-refractivity contribution < 1.29 is 18.7 Å². The maximum absolute atomic E-state index is 11.3. The lowest BCUT2D eigenvalue weighted by molar-refractivity contribution is -0.137. The van der Waals surface area contributed by atoms with Gasteiger partial charge in [-0.05, 0) is 12.9 Å². The van der Waals surface area contributed by atoms with Gasteiger partial charge in [-0.25, -0.2) is 4.28 Å². The Balaban J connectivity index is 2.16. The minimum Gasteiger partial charge on any atom is -0.355 e. The van der Waals surface area contributed by atoms with E-state index in [0.717, 1.165) is 4.90 Å². The van der Waals surface area contributed by atoms with Crippen molar-refractivity contribution in [2.75, 3.05) is 19.6 Å². The summed E-state index contributed by atoms with van der Waals surface area (Å²) in [4.78, 5) is 34.6. The SMILES string of the molecule is O=C(CCN1C(=O)C=CC1=O)NCCNOS. The molecule has 17 heavy (non-hydrogen) atoms. The highest BCUT2D eigenvalue weighted by Gasteiger charge is 2.23. The van der Waals surface area contributed by atoms with Gasteiger partial charge in [-0.15, -0.1) is 0 Å². The number of hydrogen-bond acceptors (Lipinski definition) is 6. The molecule has 0 aromatic carbocycles. The van der Waals surface area contributed by atoms with Crippen LogP contribution in [0.3, 0.4) is 0 Å². The molecule has 1 aliphatic rings. The predicted molar refractivity (Wildman–Crippen MR) is 61.6 cm³/mol. The van der Waals surface area contributed by atoms with Gasteiger partial charge in [0.1, 0.15) is 0 Å². The highest BCUT2D eigenvalue weighted by atomic mass is 32.1. The summed E-state index contributed by atoms with van der Waals surface area (Å²) in [7, 11) is 0. The van der Waals surface area contributed by atoms with Crippen molar-refractivity contribution in [3.63, 3.8) is 0 Å². The Morgan fingerprint density at radius 1 is 1.29 bits per heavy atom. The summed E-state index contributed by atoms with van der Waals surface area (Å²) in [6.07, 6.45) is 2.46. The van der Waals surface area contributed by atoms with Crippen LogP contribution in [0.1, 0.15) is 6.42 Å². The van der Waals surface area contributed by atoms with Crippen LogP contribution in [0.25, 0.3) is 0 Å². The van der Waals surface area contributed by atoms with E-state index in [1.807, 2.05) is 0 Å². The molecule has 1 rings (SSSR count). The summed E-state index contributed by atoms with van der Waals surface area (Å²) in [5.41, 5.74) is 2.44. The van der Waals surface area contributed by atoms with Crippen LogP contribution in [0, 0.1) is 0 Å². The van der Waals surface area contributed by atoms with E-state index < -0.39 is 0 Å². The van der Waals surface area contributed by atoms with Gasteiger partial charge in [-0.1, -0.05) is 0 Å². The Bertz CT molecular complexity index is 327. The molecule has 1 heterocycles. The first-order valence-electron chi connectivity index (χ1n) is 4.98. The van der Waals surface area contributed by atoms with Crippen molar-refractivity contribution in [3.05, 3.63) is 12.2 Å². The van der Waals surface area contributed by atoms with E-state index in [0.29, 0.717) is 13.1 Å². The molecule has 94 valence electrons. The highest BCUT2D eigenvalue weighted by Crippen LogP contribution is 2.03. The zero-order valence-electron chi connectivity index (χ0n) is 9.01. The molecule has 0 atom stereocenters. The summed E-state index contributed by atoms with van der Waals surface area (Å²) in [5, 5.41) is 2.59. The normalized spacial score (nSPS) is 14.5. The van der Waals surface area contributed by atoms with Gasteiger partial charge < -0.3 is 5.32 Å². The van der Waals surface area contributed by atoms with E-state index >= 15 is 0 Å². The molecule has 0 aliphatic carbocycles. The first-order chi connectivity index (χ1) is 8.15. The van der Waals surface area contributed by atoms with E-state index in [1.54, 1.807) is 0 Å².